The molecule has 0 aromatic heterocycles. The van der Waals surface area contributed by atoms with E-state index in [1.165, 1.54) is 0 Å². The van der Waals surface area contributed by atoms with Gasteiger partial charge in [-0.1, -0.05) is 0 Å². The van der Waals surface area contributed by atoms with E-state index in [0.29, 0.717) is 18.8 Å². The van der Waals surface area contributed by atoms with E-state index in [0.717, 1.165) is 13.0 Å². The molecule has 0 rings (SSSR count). The average Bonchev–Trinajstić information content (AvgIpc) is 1.87. The van der Waals surface area contributed by atoms with Crippen LogP contribution in [0.15, 0.2) is 0 Å². The first-order chi connectivity index (χ1) is 4.77. The lowest BCUT2D eigenvalue weighted by atomic mass is 10.4. The Hall–Kier alpha value is 0.0300. The number of hydrogen-bond acceptors (Lipinski definition) is 3. The molecule has 0 spiro atoms. The van der Waals surface area contributed by atoms with Crippen molar-refractivity contribution in [2.24, 2.45) is 5.73 Å². The van der Waals surface area contributed by atoms with Gasteiger partial charge in [0.1, 0.15) is 0 Å². The highest BCUT2D eigenvalue weighted by atomic mass is 32.2. The smallest absolute Gasteiger partial charge is 0.154 e. The van der Waals surface area contributed by atoms with Gasteiger partial charge < -0.3 is 15.6 Å². The summed E-state index contributed by atoms with van der Waals surface area (Å²) in [6.45, 7) is 2.08. The van der Waals surface area contributed by atoms with Gasteiger partial charge in [-0.2, -0.15) is 0 Å². The lowest BCUT2D eigenvalue weighted by Gasteiger charge is -1.99. The van der Waals surface area contributed by atoms with Crippen molar-refractivity contribution in [3.63, 3.8) is 0 Å². The predicted molar refractivity (Wildman–Crippen MR) is 42.2 cm³/mol. The molecule has 5 heteroatoms. The molecule has 62 valence electrons. The Morgan fingerprint density at radius 3 is 2.70 bits per heavy atom. The van der Waals surface area contributed by atoms with Crippen molar-refractivity contribution in [2.75, 3.05) is 25.4 Å². The summed E-state index contributed by atoms with van der Waals surface area (Å²) in [5.74, 6) is 0.296. The molecule has 4 nitrogen and oxygen atoms in total. The summed E-state index contributed by atoms with van der Waals surface area (Å²) < 4.78 is 18.4. The maximum atomic E-state index is 10.1. The summed E-state index contributed by atoms with van der Waals surface area (Å²) in [7, 11) is 0. The molecule has 0 aromatic rings. The Balaban J connectivity index is 2.84. The molecule has 0 saturated carbocycles. The Bertz CT molecular complexity index is 99.6. The molecule has 0 heterocycles. The van der Waals surface area contributed by atoms with Crippen LogP contribution in [0.25, 0.3) is 0 Å². The van der Waals surface area contributed by atoms with Gasteiger partial charge in [0.25, 0.3) is 0 Å². The largest absolute Gasteiger partial charge is 0.330 e. The van der Waals surface area contributed by atoms with Crippen molar-refractivity contribution in [1.29, 1.82) is 0 Å². The minimum atomic E-state index is -1.66. The highest BCUT2D eigenvalue weighted by molar-refractivity contribution is 7.79. The fraction of sp³-hybridized carbons (Fsp3) is 1.00. The molecule has 0 radical (unpaired) electrons. The molecule has 0 bridgehead atoms. The van der Waals surface area contributed by atoms with E-state index in [1.807, 2.05) is 0 Å². The van der Waals surface area contributed by atoms with Crippen molar-refractivity contribution >= 4 is 11.1 Å². The molecule has 1 atom stereocenters. The Morgan fingerprint density at radius 1 is 1.50 bits per heavy atom. The molecule has 0 aromatic carbocycles. The standard InChI is InChI=1S/C5H14N2O2S/c6-2-1-3-7-4-5-10(8)9/h7H,1-6H2,(H,8,9). The Labute approximate surface area is 63.5 Å². The molecule has 0 aliphatic heterocycles. The zero-order valence-corrected chi connectivity index (χ0v) is 6.69. The lowest BCUT2D eigenvalue weighted by molar-refractivity contribution is 0.559. The van der Waals surface area contributed by atoms with Crippen LogP contribution in [-0.4, -0.2) is 34.1 Å². The van der Waals surface area contributed by atoms with Crippen LogP contribution in [0.3, 0.4) is 0 Å². The summed E-state index contributed by atoms with van der Waals surface area (Å²) in [5.41, 5.74) is 5.22. The second-order valence-electron chi connectivity index (χ2n) is 1.92. The number of hydrogen-bond donors (Lipinski definition) is 3. The van der Waals surface area contributed by atoms with Crippen molar-refractivity contribution < 1.29 is 8.76 Å². The summed E-state index contributed by atoms with van der Waals surface area (Å²) in [4.78, 5) is 0. The van der Waals surface area contributed by atoms with Crippen LogP contribution in [0, 0.1) is 0 Å². The first-order valence-electron chi connectivity index (χ1n) is 3.25. The fourth-order valence-corrected chi connectivity index (χ4v) is 0.830. The third-order valence-corrected chi connectivity index (χ3v) is 1.56. The van der Waals surface area contributed by atoms with Gasteiger partial charge in [0.15, 0.2) is 11.1 Å². The number of nitrogens with two attached hydrogens (primary N) is 1. The van der Waals surface area contributed by atoms with Crippen LogP contribution < -0.4 is 11.1 Å². The van der Waals surface area contributed by atoms with Gasteiger partial charge in [-0.15, -0.1) is 0 Å². The van der Waals surface area contributed by atoms with E-state index in [1.54, 1.807) is 0 Å². The van der Waals surface area contributed by atoms with E-state index in [-0.39, 0.29) is 0 Å². The molecular weight excluding hydrogens is 152 g/mol. The van der Waals surface area contributed by atoms with Crippen LogP contribution in [-0.2, 0) is 11.1 Å². The zero-order chi connectivity index (χ0) is 7.82. The first kappa shape index (κ1) is 10.0. The number of rotatable bonds is 6. The van der Waals surface area contributed by atoms with Gasteiger partial charge in [0.05, 0.1) is 5.75 Å². The lowest BCUT2D eigenvalue weighted by Crippen LogP contribution is -2.23. The van der Waals surface area contributed by atoms with Crippen LogP contribution in [0.1, 0.15) is 6.42 Å². The highest BCUT2D eigenvalue weighted by Gasteiger charge is 1.90. The molecule has 0 aliphatic rings. The third kappa shape index (κ3) is 8.03. The van der Waals surface area contributed by atoms with Crippen LogP contribution in [0.5, 0.6) is 0 Å². The fourth-order valence-electron chi connectivity index (χ4n) is 0.512. The van der Waals surface area contributed by atoms with E-state index in [2.05, 4.69) is 5.32 Å². The second-order valence-corrected chi connectivity index (χ2v) is 2.97. The van der Waals surface area contributed by atoms with Gasteiger partial charge in [0, 0.05) is 6.54 Å². The van der Waals surface area contributed by atoms with Crippen LogP contribution in [0.4, 0.5) is 0 Å². The molecular formula is C5H14N2O2S. The van der Waals surface area contributed by atoms with E-state index in [4.69, 9.17) is 10.3 Å². The van der Waals surface area contributed by atoms with Crippen LogP contribution in [0.2, 0.25) is 0 Å². The maximum absolute atomic E-state index is 10.1. The first-order valence-corrected chi connectivity index (χ1v) is 4.53. The summed E-state index contributed by atoms with van der Waals surface area (Å²) in [5, 5.41) is 2.98. The Morgan fingerprint density at radius 2 is 2.20 bits per heavy atom. The minimum absolute atomic E-state index is 0.296. The minimum Gasteiger partial charge on any atom is -0.330 e. The normalized spacial score (nSPS) is 13.4. The van der Waals surface area contributed by atoms with Crippen molar-refractivity contribution in [1.82, 2.24) is 5.32 Å². The van der Waals surface area contributed by atoms with Crippen molar-refractivity contribution in [2.45, 2.75) is 6.42 Å². The average molecular weight is 166 g/mol. The van der Waals surface area contributed by atoms with Crippen molar-refractivity contribution in [3.05, 3.63) is 0 Å². The molecule has 0 amide bonds. The van der Waals surface area contributed by atoms with Gasteiger partial charge in [-0.3, -0.25) is 0 Å². The molecule has 1 unspecified atom stereocenters. The number of nitrogens with one attached hydrogen (secondary N) is 1. The highest BCUT2D eigenvalue weighted by Crippen LogP contribution is 1.72. The molecule has 0 aliphatic carbocycles. The SMILES string of the molecule is NCCCNCCS(=O)O. The summed E-state index contributed by atoms with van der Waals surface area (Å²) in [6.07, 6.45) is 0.915. The van der Waals surface area contributed by atoms with Gasteiger partial charge in [0.2, 0.25) is 0 Å². The second kappa shape index (κ2) is 7.14. The van der Waals surface area contributed by atoms with Gasteiger partial charge >= 0.3 is 0 Å². The Kier molecular flexibility index (Phi) is 7.16. The van der Waals surface area contributed by atoms with Crippen LogP contribution >= 0.6 is 0 Å². The molecule has 0 fully saturated rings. The zero-order valence-electron chi connectivity index (χ0n) is 5.88. The van der Waals surface area contributed by atoms with E-state index in [9.17, 15) is 4.21 Å². The van der Waals surface area contributed by atoms with E-state index < -0.39 is 11.1 Å². The summed E-state index contributed by atoms with van der Waals surface area (Å²) >= 11 is -1.66. The molecule has 0 saturated heterocycles. The van der Waals surface area contributed by atoms with Crippen molar-refractivity contribution in [3.8, 4) is 0 Å². The predicted octanol–water partition coefficient (Wildman–Crippen LogP) is -0.853. The topological polar surface area (TPSA) is 75.3 Å². The molecule has 4 N–H and O–H groups in total. The maximum Gasteiger partial charge on any atom is 0.154 e. The quantitative estimate of drug-likeness (QED) is 0.355. The third-order valence-electron chi connectivity index (χ3n) is 1.01. The monoisotopic (exact) mass is 166 g/mol. The van der Waals surface area contributed by atoms with E-state index >= 15 is 0 Å². The van der Waals surface area contributed by atoms with Gasteiger partial charge in [-0.05, 0) is 19.5 Å². The van der Waals surface area contributed by atoms with Gasteiger partial charge in [-0.25, -0.2) is 4.21 Å². The molecule has 10 heavy (non-hydrogen) atoms. The summed E-state index contributed by atoms with van der Waals surface area (Å²) in [6, 6.07) is 0.